The minimum absolute atomic E-state index is 0.313. The first-order chi connectivity index (χ1) is 6.20. The number of nitrogens with two attached hydrogens (primary N) is 1. The van der Waals surface area contributed by atoms with Crippen molar-refractivity contribution in [2.45, 2.75) is 50.8 Å². The summed E-state index contributed by atoms with van der Waals surface area (Å²) in [5.41, 5.74) is 7.61. The Labute approximate surface area is 86.2 Å². The zero-order chi connectivity index (χ0) is 9.68. The molecule has 1 nitrogen and oxygen atoms in total. The molecule has 0 aliphatic heterocycles. The molecule has 0 radical (unpaired) electrons. The number of rotatable bonds is 4. The van der Waals surface area contributed by atoms with E-state index in [0.29, 0.717) is 11.3 Å². The highest BCUT2D eigenvalue weighted by molar-refractivity contribution is 7.99. The van der Waals surface area contributed by atoms with Crippen LogP contribution in [0.25, 0.3) is 0 Å². The lowest BCUT2D eigenvalue weighted by molar-refractivity contribution is 0.656. The van der Waals surface area contributed by atoms with Gasteiger partial charge in [-0.1, -0.05) is 25.5 Å². The lowest BCUT2D eigenvalue weighted by Gasteiger charge is -2.19. The highest BCUT2D eigenvalue weighted by Gasteiger charge is 2.12. The van der Waals surface area contributed by atoms with Crippen molar-refractivity contribution >= 4 is 11.8 Å². The first-order valence-corrected chi connectivity index (χ1v) is 6.31. The molecule has 13 heavy (non-hydrogen) atoms. The van der Waals surface area contributed by atoms with Crippen LogP contribution in [-0.2, 0) is 0 Å². The Hall–Kier alpha value is 0.0500. The Balaban J connectivity index is 2.29. The Kier molecular flexibility index (Phi) is 4.89. The normalized spacial score (nSPS) is 20.2. The van der Waals surface area contributed by atoms with Crippen molar-refractivity contribution in [1.29, 1.82) is 0 Å². The molecule has 0 amide bonds. The summed E-state index contributed by atoms with van der Waals surface area (Å²) in [4.78, 5) is 0. The summed E-state index contributed by atoms with van der Waals surface area (Å²) in [6.45, 7) is 4.46. The second-order valence-corrected chi connectivity index (χ2v) is 5.62. The van der Waals surface area contributed by atoms with Crippen LogP contribution in [0.1, 0.15) is 39.5 Å². The lowest BCUT2D eigenvalue weighted by atomic mass is 9.95. The van der Waals surface area contributed by atoms with Gasteiger partial charge in [0.05, 0.1) is 0 Å². The summed E-state index contributed by atoms with van der Waals surface area (Å²) in [6.07, 6.45) is 7.53. The van der Waals surface area contributed by atoms with Crippen LogP contribution < -0.4 is 5.73 Å². The van der Waals surface area contributed by atoms with Gasteiger partial charge < -0.3 is 5.73 Å². The van der Waals surface area contributed by atoms with Crippen LogP contribution in [0.4, 0.5) is 0 Å². The third-order valence-electron chi connectivity index (χ3n) is 2.41. The number of hydrogen-bond acceptors (Lipinski definition) is 2. The van der Waals surface area contributed by atoms with Gasteiger partial charge in [0.1, 0.15) is 0 Å². The minimum Gasteiger partial charge on any atom is -0.324 e. The molecule has 1 atom stereocenters. The molecule has 1 unspecified atom stereocenters. The maximum Gasteiger partial charge on any atom is 0.0345 e. The highest BCUT2D eigenvalue weighted by atomic mass is 32.2. The fourth-order valence-electron chi connectivity index (χ4n) is 1.60. The van der Waals surface area contributed by atoms with Crippen LogP contribution in [0, 0.1) is 0 Å². The molecule has 0 aromatic rings. The minimum atomic E-state index is 0.313. The Morgan fingerprint density at radius 2 is 2.23 bits per heavy atom. The molecule has 2 heteroatoms. The monoisotopic (exact) mass is 199 g/mol. The molecule has 76 valence electrons. The summed E-state index contributed by atoms with van der Waals surface area (Å²) in [7, 11) is 0. The summed E-state index contributed by atoms with van der Waals surface area (Å²) < 4.78 is 0. The van der Waals surface area contributed by atoms with Crippen molar-refractivity contribution in [3.05, 3.63) is 11.6 Å². The van der Waals surface area contributed by atoms with Crippen molar-refractivity contribution in [1.82, 2.24) is 0 Å². The topological polar surface area (TPSA) is 26.0 Å². The fraction of sp³-hybridized carbons (Fsp3) is 0.818. The van der Waals surface area contributed by atoms with Crippen LogP contribution in [0.2, 0.25) is 0 Å². The Morgan fingerprint density at radius 3 is 2.77 bits per heavy atom. The molecule has 0 aromatic carbocycles. The molecule has 0 heterocycles. The predicted octanol–water partition coefficient (Wildman–Crippen LogP) is 2.96. The van der Waals surface area contributed by atoms with Crippen molar-refractivity contribution in [2.24, 2.45) is 5.73 Å². The van der Waals surface area contributed by atoms with E-state index in [0.717, 1.165) is 5.75 Å². The van der Waals surface area contributed by atoms with Crippen LogP contribution in [0.15, 0.2) is 11.6 Å². The quantitative estimate of drug-likeness (QED) is 0.704. The van der Waals surface area contributed by atoms with E-state index in [4.69, 9.17) is 5.73 Å². The van der Waals surface area contributed by atoms with E-state index in [1.165, 1.54) is 31.3 Å². The number of thioether (sulfide) groups is 1. The van der Waals surface area contributed by atoms with Gasteiger partial charge in [0.2, 0.25) is 0 Å². The smallest absolute Gasteiger partial charge is 0.0345 e. The molecule has 0 aromatic heterocycles. The van der Waals surface area contributed by atoms with E-state index in [-0.39, 0.29) is 0 Å². The third-order valence-corrected chi connectivity index (χ3v) is 3.63. The SMILES string of the molecule is CC(C)SCC(N)C1=CCCCC1. The van der Waals surface area contributed by atoms with Gasteiger partial charge in [-0.3, -0.25) is 0 Å². The van der Waals surface area contributed by atoms with E-state index in [9.17, 15) is 0 Å². The van der Waals surface area contributed by atoms with Crippen molar-refractivity contribution in [3.8, 4) is 0 Å². The molecule has 0 fully saturated rings. The van der Waals surface area contributed by atoms with Crippen LogP contribution in [-0.4, -0.2) is 17.0 Å². The second-order valence-electron chi connectivity index (χ2n) is 4.01. The van der Waals surface area contributed by atoms with Gasteiger partial charge in [0.15, 0.2) is 0 Å². The molecule has 1 rings (SSSR count). The number of allylic oxidation sites excluding steroid dienone is 1. The maximum absolute atomic E-state index is 6.11. The summed E-state index contributed by atoms with van der Waals surface area (Å²) in [6, 6.07) is 0.313. The molecular formula is C11H21NS. The summed E-state index contributed by atoms with van der Waals surface area (Å²) in [5, 5.41) is 0.704. The molecule has 0 saturated heterocycles. The van der Waals surface area contributed by atoms with E-state index < -0.39 is 0 Å². The average molecular weight is 199 g/mol. The summed E-state index contributed by atoms with van der Waals surface area (Å²) in [5.74, 6) is 1.09. The molecule has 1 aliphatic rings. The highest BCUT2D eigenvalue weighted by Crippen LogP contribution is 2.22. The van der Waals surface area contributed by atoms with Gasteiger partial charge in [-0.15, -0.1) is 0 Å². The van der Waals surface area contributed by atoms with Gasteiger partial charge >= 0.3 is 0 Å². The molecule has 1 aliphatic carbocycles. The lowest BCUT2D eigenvalue weighted by Crippen LogP contribution is -2.27. The Morgan fingerprint density at radius 1 is 1.46 bits per heavy atom. The standard InChI is InChI=1S/C11H21NS/c1-9(2)13-8-11(12)10-6-4-3-5-7-10/h6,9,11H,3-5,7-8,12H2,1-2H3. The predicted molar refractivity (Wildman–Crippen MR) is 62.1 cm³/mol. The van der Waals surface area contributed by atoms with Crippen LogP contribution in [0.5, 0.6) is 0 Å². The second kappa shape index (κ2) is 5.71. The van der Waals surface area contributed by atoms with E-state index in [1.54, 1.807) is 0 Å². The number of hydrogen-bond donors (Lipinski definition) is 1. The fourth-order valence-corrected chi connectivity index (χ4v) is 2.41. The largest absolute Gasteiger partial charge is 0.324 e. The average Bonchev–Trinajstić information content (AvgIpc) is 2.15. The zero-order valence-electron chi connectivity index (χ0n) is 8.75. The van der Waals surface area contributed by atoms with Crippen LogP contribution >= 0.6 is 11.8 Å². The van der Waals surface area contributed by atoms with Crippen molar-refractivity contribution in [3.63, 3.8) is 0 Å². The third kappa shape index (κ3) is 4.19. The maximum atomic E-state index is 6.11. The molecular weight excluding hydrogens is 178 g/mol. The van der Waals surface area contributed by atoms with E-state index in [1.807, 2.05) is 11.8 Å². The van der Waals surface area contributed by atoms with Gasteiger partial charge in [0.25, 0.3) is 0 Å². The molecule has 0 saturated carbocycles. The van der Waals surface area contributed by atoms with Crippen LogP contribution in [0.3, 0.4) is 0 Å². The van der Waals surface area contributed by atoms with E-state index in [2.05, 4.69) is 19.9 Å². The molecule has 0 spiro atoms. The zero-order valence-corrected chi connectivity index (χ0v) is 9.57. The van der Waals surface area contributed by atoms with Crippen molar-refractivity contribution in [2.75, 3.05) is 5.75 Å². The summed E-state index contributed by atoms with van der Waals surface area (Å²) >= 11 is 1.97. The van der Waals surface area contributed by atoms with Crippen molar-refractivity contribution < 1.29 is 0 Å². The van der Waals surface area contributed by atoms with Gasteiger partial charge in [-0.05, 0) is 30.9 Å². The molecule has 2 N–H and O–H groups in total. The Bertz CT molecular complexity index is 175. The van der Waals surface area contributed by atoms with Gasteiger partial charge in [-0.2, -0.15) is 11.8 Å². The first kappa shape index (κ1) is 11.1. The van der Waals surface area contributed by atoms with Gasteiger partial charge in [0, 0.05) is 11.8 Å². The first-order valence-electron chi connectivity index (χ1n) is 5.26. The van der Waals surface area contributed by atoms with E-state index >= 15 is 0 Å². The van der Waals surface area contributed by atoms with Gasteiger partial charge in [-0.25, -0.2) is 0 Å². The molecule has 0 bridgehead atoms.